The molecule has 2 rings (SSSR count). The third-order valence-corrected chi connectivity index (χ3v) is 3.29. The molecule has 0 bridgehead atoms. The van der Waals surface area contributed by atoms with Crippen LogP contribution in [0, 0.1) is 27.7 Å². The molecule has 0 saturated carbocycles. The molecule has 0 unspecified atom stereocenters. The van der Waals surface area contributed by atoms with Gasteiger partial charge in [-0.05, 0) is 44.9 Å². The Labute approximate surface area is 104 Å². The molecule has 0 aliphatic rings. The molecular weight excluding hydrogens is 206 g/mol. The van der Waals surface area contributed by atoms with E-state index >= 15 is 0 Å². The van der Waals surface area contributed by atoms with Crippen molar-refractivity contribution in [2.75, 3.05) is 0 Å². The van der Waals surface area contributed by atoms with Gasteiger partial charge in [-0.1, -0.05) is 18.2 Å². The maximum Gasteiger partial charge on any atom is 0.215 e. The molecule has 0 fully saturated rings. The van der Waals surface area contributed by atoms with Crippen molar-refractivity contribution in [3.8, 4) is 11.3 Å². The van der Waals surface area contributed by atoms with E-state index in [1.54, 1.807) is 0 Å². The SMILES string of the molecule is Cc1cc(C)c(-c2c(C)cccc2C)[n+](C)c1. The third-order valence-electron chi connectivity index (χ3n) is 3.29. The Hall–Kier alpha value is -1.63. The van der Waals surface area contributed by atoms with Crippen molar-refractivity contribution in [2.24, 2.45) is 7.05 Å². The van der Waals surface area contributed by atoms with Gasteiger partial charge < -0.3 is 0 Å². The molecule has 1 heteroatoms. The minimum atomic E-state index is 1.31. The first-order valence-electron chi connectivity index (χ1n) is 6.04. The van der Waals surface area contributed by atoms with E-state index in [-0.39, 0.29) is 0 Å². The number of hydrogen-bond donors (Lipinski definition) is 0. The van der Waals surface area contributed by atoms with E-state index in [9.17, 15) is 0 Å². The molecule has 1 aromatic heterocycles. The van der Waals surface area contributed by atoms with Crippen LogP contribution in [0.3, 0.4) is 0 Å². The molecule has 0 aliphatic heterocycles. The van der Waals surface area contributed by atoms with Crippen molar-refractivity contribution < 1.29 is 4.57 Å². The van der Waals surface area contributed by atoms with Crippen LogP contribution in [-0.4, -0.2) is 0 Å². The zero-order valence-electron chi connectivity index (χ0n) is 11.3. The number of aromatic nitrogens is 1. The van der Waals surface area contributed by atoms with Gasteiger partial charge in [-0.2, -0.15) is 0 Å². The zero-order chi connectivity index (χ0) is 12.6. The Balaban J connectivity index is 2.77. The highest BCUT2D eigenvalue weighted by Gasteiger charge is 2.17. The maximum absolute atomic E-state index is 2.25. The lowest BCUT2D eigenvalue weighted by atomic mass is 9.96. The van der Waals surface area contributed by atoms with Gasteiger partial charge in [0.2, 0.25) is 5.69 Å². The molecule has 17 heavy (non-hydrogen) atoms. The number of benzene rings is 1. The van der Waals surface area contributed by atoms with Gasteiger partial charge in [0.15, 0.2) is 6.20 Å². The summed E-state index contributed by atoms with van der Waals surface area (Å²) in [4.78, 5) is 0. The first-order chi connectivity index (χ1) is 8.00. The largest absolute Gasteiger partial charge is 0.215 e. The summed E-state index contributed by atoms with van der Waals surface area (Å²) in [6.45, 7) is 8.69. The molecule has 0 aliphatic carbocycles. The summed E-state index contributed by atoms with van der Waals surface area (Å²) in [5.74, 6) is 0. The van der Waals surface area contributed by atoms with E-state index in [2.05, 4.69) is 69.8 Å². The summed E-state index contributed by atoms with van der Waals surface area (Å²) < 4.78 is 2.24. The standard InChI is InChI=1S/C16H20N/c1-11-9-14(4)16(17(5)10-11)15-12(2)7-6-8-13(15)3/h6-10H,1-5H3/q+1. The molecule has 1 nitrogen and oxygen atoms in total. The zero-order valence-corrected chi connectivity index (χ0v) is 11.3. The second-order valence-corrected chi connectivity index (χ2v) is 4.93. The average molecular weight is 226 g/mol. The lowest BCUT2D eigenvalue weighted by Gasteiger charge is -2.10. The van der Waals surface area contributed by atoms with E-state index in [0.717, 1.165) is 0 Å². The van der Waals surface area contributed by atoms with Crippen LogP contribution >= 0.6 is 0 Å². The van der Waals surface area contributed by atoms with Crippen LogP contribution in [0.4, 0.5) is 0 Å². The van der Waals surface area contributed by atoms with Crippen LogP contribution in [0.2, 0.25) is 0 Å². The minimum Gasteiger partial charge on any atom is -0.201 e. The molecule has 0 spiro atoms. The van der Waals surface area contributed by atoms with E-state index in [0.29, 0.717) is 0 Å². The summed E-state index contributed by atoms with van der Waals surface area (Å²) in [6.07, 6.45) is 2.19. The van der Waals surface area contributed by atoms with Gasteiger partial charge in [-0.3, -0.25) is 0 Å². The van der Waals surface area contributed by atoms with Gasteiger partial charge in [0.05, 0.1) is 5.56 Å². The van der Waals surface area contributed by atoms with Gasteiger partial charge in [0.1, 0.15) is 7.05 Å². The van der Waals surface area contributed by atoms with Crippen LogP contribution in [0.25, 0.3) is 11.3 Å². The second kappa shape index (κ2) is 4.33. The average Bonchev–Trinajstić information content (AvgIpc) is 2.21. The Morgan fingerprint density at radius 2 is 1.47 bits per heavy atom. The monoisotopic (exact) mass is 226 g/mol. The van der Waals surface area contributed by atoms with E-state index in [1.165, 1.54) is 33.5 Å². The smallest absolute Gasteiger partial charge is 0.201 e. The van der Waals surface area contributed by atoms with Crippen LogP contribution < -0.4 is 4.57 Å². The highest BCUT2D eigenvalue weighted by molar-refractivity contribution is 5.67. The van der Waals surface area contributed by atoms with Crippen molar-refractivity contribution in [3.63, 3.8) is 0 Å². The highest BCUT2D eigenvalue weighted by Crippen LogP contribution is 2.27. The van der Waals surface area contributed by atoms with Crippen LogP contribution in [-0.2, 0) is 7.05 Å². The fourth-order valence-corrected chi connectivity index (χ4v) is 2.66. The molecule has 2 aromatic rings. The topological polar surface area (TPSA) is 3.88 Å². The van der Waals surface area contributed by atoms with E-state index in [4.69, 9.17) is 0 Å². The number of nitrogens with zero attached hydrogens (tertiary/aromatic N) is 1. The van der Waals surface area contributed by atoms with Crippen molar-refractivity contribution in [3.05, 3.63) is 52.7 Å². The number of pyridine rings is 1. The molecule has 0 atom stereocenters. The Kier molecular flexibility index (Phi) is 3.01. The van der Waals surface area contributed by atoms with E-state index < -0.39 is 0 Å². The fraction of sp³-hybridized carbons (Fsp3) is 0.312. The van der Waals surface area contributed by atoms with Gasteiger partial charge in [0.25, 0.3) is 0 Å². The summed E-state index contributed by atoms with van der Waals surface area (Å²) in [6, 6.07) is 8.74. The first kappa shape index (κ1) is 11.8. The van der Waals surface area contributed by atoms with Crippen molar-refractivity contribution in [1.29, 1.82) is 0 Å². The summed E-state index contributed by atoms with van der Waals surface area (Å²) in [7, 11) is 2.13. The van der Waals surface area contributed by atoms with Gasteiger partial charge in [-0.15, -0.1) is 0 Å². The Morgan fingerprint density at radius 1 is 0.882 bits per heavy atom. The van der Waals surface area contributed by atoms with Crippen molar-refractivity contribution >= 4 is 0 Å². The Bertz CT molecular complexity index is 524. The molecule has 0 radical (unpaired) electrons. The van der Waals surface area contributed by atoms with Crippen molar-refractivity contribution in [1.82, 2.24) is 0 Å². The molecule has 1 aromatic carbocycles. The molecule has 0 saturated heterocycles. The summed E-state index contributed by atoms with van der Waals surface area (Å²) >= 11 is 0. The van der Waals surface area contributed by atoms with Crippen molar-refractivity contribution in [2.45, 2.75) is 27.7 Å². The molecule has 0 amide bonds. The molecule has 1 heterocycles. The first-order valence-corrected chi connectivity index (χ1v) is 6.04. The van der Waals surface area contributed by atoms with Crippen LogP contribution in [0.1, 0.15) is 22.3 Å². The highest BCUT2D eigenvalue weighted by atomic mass is 14.9. The number of hydrogen-bond acceptors (Lipinski definition) is 0. The quantitative estimate of drug-likeness (QED) is 0.656. The molecule has 0 N–H and O–H groups in total. The lowest BCUT2D eigenvalue weighted by Crippen LogP contribution is -2.32. The third kappa shape index (κ3) is 2.10. The van der Waals surface area contributed by atoms with Crippen LogP contribution in [0.15, 0.2) is 30.5 Å². The predicted octanol–water partition coefficient (Wildman–Crippen LogP) is 3.41. The second-order valence-electron chi connectivity index (χ2n) is 4.93. The van der Waals surface area contributed by atoms with Gasteiger partial charge in [-0.25, -0.2) is 4.57 Å². The molecule has 88 valence electrons. The minimum absolute atomic E-state index is 1.31. The van der Waals surface area contributed by atoms with E-state index in [1.807, 2.05) is 0 Å². The number of rotatable bonds is 1. The lowest BCUT2D eigenvalue weighted by molar-refractivity contribution is -0.661. The van der Waals surface area contributed by atoms with Gasteiger partial charge >= 0.3 is 0 Å². The summed E-state index contributed by atoms with van der Waals surface area (Å²) in [5, 5.41) is 0. The Morgan fingerprint density at radius 3 is 2.00 bits per heavy atom. The van der Waals surface area contributed by atoms with Crippen LogP contribution in [0.5, 0.6) is 0 Å². The normalized spacial score (nSPS) is 10.6. The molecular formula is C16H20N+. The summed E-state index contributed by atoms with van der Waals surface area (Å²) in [5.41, 5.74) is 8.02. The maximum atomic E-state index is 2.25. The predicted molar refractivity (Wildman–Crippen MR) is 72.0 cm³/mol. The number of aryl methyl sites for hydroxylation is 5. The fourth-order valence-electron chi connectivity index (χ4n) is 2.66. The van der Waals surface area contributed by atoms with Gasteiger partial charge in [0, 0.05) is 11.1 Å².